The van der Waals surface area contributed by atoms with Crippen LogP contribution in [0, 0.1) is 18.2 Å². The van der Waals surface area contributed by atoms with Crippen molar-refractivity contribution >= 4 is 5.84 Å². The third-order valence-corrected chi connectivity index (χ3v) is 2.52. The highest BCUT2D eigenvalue weighted by atomic mass is 19.1. The lowest BCUT2D eigenvalue weighted by atomic mass is 10.1. The van der Waals surface area contributed by atoms with Crippen molar-refractivity contribution in [1.29, 1.82) is 5.41 Å². The molecule has 1 aromatic rings. The minimum Gasteiger partial charge on any atom is -0.357 e. The number of nitrogens with one attached hydrogen (secondary N) is 1. The Bertz CT molecular complexity index is 357. The Hall–Kier alpha value is -1.38. The maximum Gasteiger partial charge on any atom is 0.128 e. The van der Waals surface area contributed by atoms with Gasteiger partial charge < -0.3 is 4.90 Å². The number of amidine groups is 1. The summed E-state index contributed by atoms with van der Waals surface area (Å²) in [5, 5.41) is 7.91. The molecular formula is C12H17FN2. The lowest BCUT2D eigenvalue weighted by molar-refractivity contribution is 0.463. The molecule has 0 aromatic heterocycles. The van der Waals surface area contributed by atoms with E-state index < -0.39 is 0 Å². The number of rotatable bonds is 3. The zero-order valence-corrected chi connectivity index (χ0v) is 9.47. The van der Waals surface area contributed by atoms with Crippen molar-refractivity contribution in [2.24, 2.45) is 0 Å². The van der Waals surface area contributed by atoms with Crippen LogP contribution in [0.25, 0.3) is 0 Å². The van der Waals surface area contributed by atoms with Gasteiger partial charge in [0, 0.05) is 18.7 Å². The van der Waals surface area contributed by atoms with Gasteiger partial charge in [0.05, 0.1) is 0 Å². The molecule has 0 radical (unpaired) electrons. The van der Waals surface area contributed by atoms with Gasteiger partial charge in [-0.1, -0.05) is 12.1 Å². The minimum atomic E-state index is -0.246. The second kappa shape index (κ2) is 4.91. The Morgan fingerprint density at radius 3 is 2.40 bits per heavy atom. The van der Waals surface area contributed by atoms with E-state index in [1.54, 1.807) is 19.1 Å². The lowest BCUT2D eigenvalue weighted by Gasteiger charge is -2.21. The number of nitrogens with zero attached hydrogens (tertiary/aromatic N) is 1. The summed E-state index contributed by atoms with van der Waals surface area (Å²) in [7, 11) is 0. The van der Waals surface area contributed by atoms with Gasteiger partial charge in [-0.3, -0.25) is 5.41 Å². The first-order chi connectivity index (χ1) is 7.10. The van der Waals surface area contributed by atoms with Crippen molar-refractivity contribution in [3.8, 4) is 0 Å². The van der Waals surface area contributed by atoms with Gasteiger partial charge in [-0.25, -0.2) is 4.39 Å². The molecule has 0 aliphatic carbocycles. The predicted octanol–water partition coefficient (Wildman–Crippen LogP) is 2.80. The van der Waals surface area contributed by atoms with Crippen LogP contribution >= 0.6 is 0 Å². The SMILES string of the molecule is CCN(CC)C(=N)c1ccc(C)c(F)c1. The average molecular weight is 208 g/mol. The van der Waals surface area contributed by atoms with Crippen molar-refractivity contribution < 1.29 is 4.39 Å². The summed E-state index contributed by atoms with van der Waals surface area (Å²) in [6.45, 7) is 7.24. The van der Waals surface area contributed by atoms with Crippen LogP contribution in [-0.4, -0.2) is 23.8 Å². The van der Waals surface area contributed by atoms with E-state index in [1.807, 2.05) is 18.7 Å². The van der Waals surface area contributed by atoms with Gasteiger partial charge in [0.2, 0.25) is 0 Å². The molecule has 1 N–H and O–H groups in total. The van der Waals surface area contributed by atoms with Gasteiger partial charge >= 0.3 is 0 Å². The van der Waals surface area contributed by atoms with E-state index in [-0.39, 0.29) is 5.82 Å². The Morgan fingerprint density at radius 2 is 1.93 bits per heavy atom. The van der Waals surface area contributed by atoms with Crippen LogP contribution in [0.4, 0.5) is 4.39 Å². The zero-order valence-electron chi connectivity index (χ0n) is 9.47. The Kier molecular flexibility index (Phi) is 3.83. The van der Waals surface area contributed by atoms with Gasteiger partial charge in [-0.05, 0) is 32.4 Å². The van der Waals surface area contributed by atoms with Crippen LogP contribution in [0.1, 0.15) is 25.0 Å². The van der Waals surface area contributed by atoms with Crippen LogP contribution in [0.15, 0.2) is 18.2 Å². The number of halogens is 1. The van der Waals surface area contributed by atoms with Crippen LogP contribution in [0.2, 0.25) is 0 Å². The molecular weight excluding hydrogens is 191 g/mol. The monoisotopic (exact) mass is 208 g/mol. The molecule has 0 spiro atoms. The molecule has 82 valence electrons. The van der Waals surface area contributed by atoms with Crippen LogP contribution in [0.3, 0.4) is 0 Å². The van der Waals surface area contributed by atoms with Crippen molar-refractivity contribution in [3.63, 3.8) is 0 Å². The molecule has 0 unspecified atom stereocenters. The summed E-state index contributed by atoms with van der Waals surface area (Å²) < 4.78 is 13.3. The van der Waals surface area contributed by atoms with Gasteiger partial charge in [0.1, 0.15) is 11.7 Å². The fourth-order valence-electron chi connectivity index (χ4n) is 1.46. The van der Waals surface area contributed by atoms with E-state index in [0.717, 1.165) is 13.1 Å². The average Bonchev–Trinajstić information content (AvgIpc) is 2.23. The van der Waals surface area contributed by atoms with E-state index in [9.17, 15) is 4.39 Å². The molecule has 1 rings (SSSR count). The predicted molar refractivity (Wildman–Crippen MR) is 60.9 cm³/mol. The topological polar surface area (TPSA) is 27.1 Å². The Balaban J connectivity index is 2.96. The maximum absolute atomic E-state index is 13.3. The van der Waals surface area contributed by atoms with E-state index >= 15 is 0 Å². The molecule has 0 heterocycles. The second-order valence-electron chi connectivity index (χ2n) is 3.48. The van der Waals surface area contributed by atoms with E-state index in [0.29, 0.717) is 17.0 Å². The number of hydrogen-bond acceptors (Lipinski definition) is 1. The van der Waals surface area contributed by atoms with Gasteiger partial charge in [-0.15, -0.1) is 0 Å². The fraction of sp³-hybridized carbons (Fsp3) is 0.417. The highest BCUT2D eigenvalue weighted by Gasteiger charge is 2.09. The van der Waals surface area contributed by atoms with E-state index in [4.69, 9.17) is 5.41 Å². The molecule has 0 fully saturated rings. The van der Waals surface area contributed by atoms with Crippen LogP contribution in [-0.2, 0) is 0 Å². The molecule has 0 amide bonds. The Labute approximate surface area is 90.2 Å². The van der Waals surface area contributed by atoms with E-state index in [2.05, 4.69) is 0 Å². The quantitative estimate of drug-likeness (QED) is 0.600. The van der Waals surface area contributed by atoms with Gasteiger partial charge in [0.25, 0.3) is 0 Å². The lowest BCUT2D eigenvalue weighted by Crippen LogP contribution is -2.30. The molecule has 0 bridgehead atoms. The van der Waals surface area contributed by atoms with Gasteiger partial charge in [0.15, 0.2) is 0 Å². The molecule has 2 nitrogen and oxygen atoms in total. The normalized spacial score (nSPS) is 10.1. The summed E-state index contributed by atoms with van der Waals surface area (Å²) in [5.74, 6) is 0.142. The smallest absolute Gasteiger partial charge is 0.128 e. The standard InChI is InChI=1S/C12H17FN2/c1-4-15(5-2)12(14)10-7-6-9(3)11(13)8-10/h6-8,14H,4-5H2,1-3H3. The molecule has 0 saturated carbocycles. The van der Waals surface area contributed by atoms with Crippen molar-refractivity contribution in [3.05, 3.63) is 35.1 Å². The number of aryl methyl sites for hydroxylation is 1. The summed E-state index contributed by atoms with van der Waals surface area (Å²) in [6.07, 6.45) is 0. The first-order valence-corrected chi connectivity index (χ1v) is 5.20. The second-order valence-corrected chi connectivity index (χ2v) is 3.48. The van der Waals surface area contributed by atoms with Gasteiger partial charge in [-0.2, -0.15) is 0 Å². The van der Waals surface area contributed by atoms with Crippen LogP contribution < -0.4 is 0 Å². The molecule has 0 aliphatic rings. The summed E-state index contributed by atoms with van der Waals surface area (Å²) >= 11 is 0. The molecule has 3 heteroatoms. The zero-order chi connectivity index (χ0) is 11.4. The minimum absolute atomic E-state index is 0.246. The highest BCUT2D eigenvalue weighted by molar-refractivity contribution is 5.96. The first-order valence-electron chi connectivity index (χ1n) is 5.20. The molecule has 1 aromatic carbocycles. The van der Waals surface area contributed by atoms with Crippen LogP contribution in [0.5, 0.6) is 0 Å². The molecule has 0 saturated heterocycles. The largest absolute Gasteiger partial charge is 0.357 e. The summed E-state index contributed by atoms with van der Waals surface area (Å²) in [4.78, 5) is 1.89. The third-order valence-electron chi connectivity index (χ3n) is 2.52. The fourth-order valence-corrected chi connectivity index (χ4v) is 1.46. The summed E-state index contributed by atoms with van der Waals surface area (Å²) in [5.41, 5.74) is 1.26. The van der Waals surface area contributed by atoms with E-state index in [1.165, 1.54) is 6.07 Å². The number of benzene rings is 1. The number of hydrogen-bond donors (Lipinski definition) is 1. The Morgan fingerprint density at radius 1 is 1.33 bits per heavy atom. The van der Waals surface area contributed by atoms with Crippen molar-refractivity contribution in [1.82, 2.24) is 4.90 Å². The summed E-state index contributed by atoms with van der Waals surface area (Å²) in [6, 6.07) is 4.93. The maximum atomic E-state index is 13.3. The molecule has 0 atom stereocenters. The first kappa shape index (κ1) is 11.7. The van der Waals surface area contributed by atoms with Crippen molar-refractivity contribution in [2.75, 3.05) is 13.1 Å². The highest BCUT2D eigenvalue weighted by Crippen LogP contribution is 2.11. The molecule has 0 aliphatic heterocycles. The van der Waals surface area contributed by atoms with Crippen molar-refractivity contribution in [2.45, 2.75) is 20.8 Å². The molecule has 15 heavy (non-hydrogen) atoms. The third kappa shape index (κ3) is 2.55.